The number of nitrogens with zero attached hydrogens (tertiary/aromatic N) is 3. The molecule has 0 amide bonds. The van der Waals surface area contributed by atoms with Gasteiger partial charge in [-0.25, -0.2) is 4.98 Å². The lowest BCUT2D eigenvalue weighted by atomic mass is 10.0. The number of para-hydroxylation sites is 3. The van der Waals surface area contributed by atoms with Gasteiger partial charge >= 0.3 is 0 Å². The summed E-state index contributed by atoms with van der Waals surface area (Å²) >= 11 is 1.83. The van der Waals surface area contributed by atoms with E-state index >= 15 is 0 Å². The zero-order valence-electron chi connectivity index (χ0n) is 31.6. The van der Waals surface area contributed by atoms with E-state index in [0.717, 1.165) is 77.9 Å². The summed E-state index contributed by atoms with van der Waals surface area (Å²) in [5, 5.41) is 6.71. The normalized spacial score (nSPS) is 11.7. The molecule has 0 saturated heterocycles. The van der Waals surface area contributed by atoms with Crippen molar-refractivity contribution in [2.75, 3.05) is 9.80 Å². The Bertz CT molecular complexity index is 3520. The molecule has 59 heavy (non-hydrogen) atoms. The molecule has 3 aromatic heterocycles. The lowest BCUT2D eigenvalue weighted by Crippen LogP contribution is -2.12. The van der Waals surface area contributed by atoms with Crippen molar-refractivity contribution in [3.8, 4) is 11.5 Å². The predicted octanol–water partition coefficient (Wildman–Crippen LogP) is 15.9. The van der Waals surface area contributed by atoms with Crippen LogP contribution in [0.2, 0.25) is 0 Å². The van der Waals surface area contributed by atoms with Crippen LogP contribution in [0.5, 0.6) is 0 Å². The van der Waals surface area contributed by atoms with E-state index in [9.17, 15) is 0 Å². The smallest absolute Gasteiger partial charge is 0.227 e. The highest BCUT2D eigenvalue weighted by atomic mass is 32.1. The molecule has 0 N–H and O–H groups in total. The van der Waals surface area contributed by atoms with Gasteiger partial charge in [0.1, 0.15) is 16.7 Å². The number of furan rings is 1. The summed E-state index contributed by atoms with van der Waals surface area (Å²) in [5.74, 6) is 0.583. The first-order chi connectivity index (χ1) is 29.2. The Morgan fingerprint density at radius 1 is 0.373 bits per heavy atom. The molecule has 5 nitrogen and oxygen atoms in total. The van der Waals surface area contributed by atoms with Crippen molar-refractivity contribution < 1.29 is 8.83 Å². The highest BCUT2D eigenvalue weighted by Crippen LogP contribution is 2.49. The summed E-state index contributed by atoms with van der Waals surface area (Å²) in [4.78, 5) is 9.93. The van der Waals surface area contributed by atoms with E-state index < -0.39 is 0 Å². The lowest BCUT2D eigenvalue weighted by molar-refractivity contribution is 0.620. The third-order valence-electron chi connectivity index (χ3n) is 11.2. The topological polar surface area (TPSA) is 45.7 Å². The Balaban J connectivity index is 1.14. The van der Waals surface area contributed by atoms with Crippen LogP contribution in [-0.2, 0) is 0 Å². The molecule has 0 atom stereocenters. The van der Waals surface area contributed by atoms with Crippen LogP contribution in [0.15, 0.2) is 209 Å². The van der Waals surface area contributed by atoms with Gasteiger partial charge < -0.3 is 18.6 Å². The van der Waals surface area contributed by atoms with Crippen LogP contribution in [0.3, 0.4) is 0 Å². The molecule has 3 heterocycles. The highest BCUT2D eigenvalue weighted by molar-refractivity contribution is 7.26. The van der Waals surface area contributed by atoms with E-state index in [1.54, 1.807) is 0 Å². The molecule has 12 aromatic rings. The second-order valence-corrected chi connectivity index (χ2v) is 15.8. The molecule has 0 bridgehead atoms. The summed E-state index contributed by atoms with van der Waals surface area (Å²) in [6.45, 7) is 0. The summed E-state index contributed by atoms with van der Waals surface area (Å²) in [6.07, 6.45) is 0. The number of hydrogen-bond acceptors (Lipinski definition) is 6. The van der Waals surface area contributed by atoms with E-state index in [-0.39, 0.29) is 0 Å². The van der Waals surface area contributed by atoms with Gasteiger partial charge in [-0.2, -0.15) is 0 Å². The van der Waals surface area contributed by atoms with Crippen LogP contribution in [-0.4, -0.2) is 4.98 Å². The van der Waals surface area contributed by atoms with E-state index in [2.05, 4.69) is 168 Å². The van der Waals surface area contributed by atoms with Gasteiger partial charge in [-0.05, 0) is 84.9 Å². The molecule has 6 heteroatoms. The molecule has 0 radical (unpaired) electrons. The molecule has 0 fully saturated rings. The molecule has 9 aromatic carbocycles. The van der Waals surface area contributed by atoms with Crippen LogP contribution in [0.4, 0.5) is 34.1 Å². The summed E-state index contributed by atoms with van der Waals surface area (Å²) in [5.41, 5.74) is 10.4. The van der Waals surface area contributed by atoms with Crippen molar-refractivity contribution in [1.82, 2.24) is 4.98 Å². The highest BCUT2D eigenvalue weighted by Gasteiger charge is 2.24. The van der Waals surface area contributed by atoms with Gasteiger partial charge in [-0.15, -0.1) is 11.3 Å². The Morgan fingerprint density at radius 3 is 1.80 bits per heavy atom. The monoisotopic (exact) mass is 775 g/mol. The van der Waals surface area contributed by atoms with E-state index in [0.29, 0.717) is 11.5 Å². The fourth-order valence-corrected chi connectivity index (χ4v) is 9.78. The standard InChI is InChI=1S/C53H33N3O2S/c1-4-15-34(16-5-1)53-54-51-44-32-37(55(35-17-6-2-7-18-35)38-28-30-48-43(31-38)40-21-10-12-25-47(40)57-48)27-29-39(44)46(33-49(51)58-53)56(36-19-8-3-9-20-36)45-24-14-23-42-41-22-11-13-26-50(41)59-52(42)45/h1-33H. The molecular formula is C53H33N3O2S. The molecule has 0 unspecified atom stereocenters. The van der Waals surface area contributed by atoms with E-state index in [4.69, 9.17) is 13.8 Å². The van der Waals surface area contributed by atoms with Crippen molar-refractivity contribution in [1.29, 1.82) is 0 Å². The fourth-order valence-electron chi connectivity index (χ4n) is 8.58. The SMILES string of the molecule is c1ccc(-c2nc3c(cc(N(c4ccccc4)c4cccc5c4sc4ccccc45)c4ccc(N(c5ccccc5)c5ccc6oc7ccccc7c6c5)cc43)o2)cc1. The Kier molecular flexibility index (Phi) is 7.64. The molecule has 0 aliphatic carbocycles. The maximum Gasteiger partial charge on any atom is 0.227 e. The minimum absolute atomic E-state index is 0.583. The predicted molar refractivity (Wildman–Crippen MR) is 246 cm³/mol. The number of aromatic nitrogens is 1. The van der Waals surface area contributed by atoms with Gasteiger partial charge in [0.15, 0.2) is 5.58 Å². The van der Waals surface area contributed by atoms with Crippen LogP contribution in [0.1, 0.15) is 0 Å². The lowest BCUT2D eigenvalue weighted by Gasteiger charge is -2.28. The number of anilines is 6. The van der Waals surface area contributed by atoms with Gasteiger partial charge in [0.25, 0.3) is 0 Å². The van der Waals surface area contributed by atoms with Gasteiger partial charge in [0, 0.05) is 71.4 Å². The summed E-state index contributed by atoms with van der Waals surface area (Å²) in [6, 6.07) is 70.2. The van der Waals surface area contributed by atoms with Gasteiger partial charge in [0.05, 0.1) is 16.1 Å². The summed E-state index contributed by atoms with van der Waals surface area (Å²) < 4.78 is 15.5. The van der Waals surface area contributed by atoms with Crippen LogP contribution in [0, 0.1) is 0 Å². The molecule has 278 valence electrons. The average Bonchev–Trinajstić information content (AvgIpc) is 4.02. The van der Waals surface area contributed by atoms with Crippen molar-refractivity contribution in [2.45, 2.75) is 0 Å². The van der Waals surface area contributed by atoms with Crippen molar-refractivity contribution in [3.05, 3.63) is 200 Å². The zero-order chi connectivity index (χ0) is 38.9. The Morgan fingerprint density at radius 2 is 1.00 bits per heavy atom. The number of benzene rings is 9. The van der Waals surface area contributed by atoms with Gasteiger partial charge in [0.2, 0.25) is 5.89 Å². The minimum Gasteiger partial charge on any atom is -0.456 e. The second-order valence-electron chi connectivity index (χ2n) is 14.7. The third-order valence-corrected chi connectivity index (χ3v) is 12.5. The number of fused-ring (bicyclic) bond motifs is 9. The largest absolute Gasteiger partial charge is 0.456 e. The van der Waals surface area contributed by atoms with E-state index in [1.165, 1.54) is 20.2 Å². The first-order valence-corrected chi connectivity index (χ1v) is 20.5. The fraction of sp³-hybridized carbons (Fsp3) is 0. The number of thiophene rings is 1. The maximum atomic E-state index is 6.75. The minimum atomic E-state index is 0.583. The van der Waals surface area contributed by atoms with Crippen molar-refractivity contribution in [3.63, 3.8) is 0 Å². The number of hydrogen-bond donors (Lipinski definition) is 0. The van der Waals surface area contributed by atoms with Crippen LogP contribution < -0.4 is 9.80 Å². The molecular weight excluding hydrogens is 743 g/mol. The zero-order valence-corrected chi connectivity index (χ0v) is 32.4. The molecule has 12 rings (SSSR count). The van der Waals surface area contributed by atoms with Crippen molar-refractivity contribution >= 4 is 109 Å². The third kappa shape index (κ3) is 5.49. The molecule has 0 saturated carbocycles. The molecule has 0 aliphatic heterocycles. The van der Waals surface area contributed by atoms with Crippen molar-refractivity contribution in [2.24, 2.45) is 0 Å². The first kappa shape index (κ1) is 33.5. The molecule has 0 aliphatic rings. The Hall–Kier alpha value is -7.67. The quantitative estimate of drug-likeness (QED) is 0.161. The second kappa shape index (κ2) is 13.5. The summed E-state index contributed by atoms with van der Waals surface area (Å²) in [7, 11) is 0. The Labute approximate surface area is 343 Å². The van der Waals surface area contributed by atoms with Gasteiger partial charge in [-0.1, -0.05) is 109 Å². The number of oxazole rings is 1. The van der Waals surface area contributed by atoms with E-state index in [1.807, 2.05) is 53.8 Å². The van der Waals surface area contributed by atoms with Crippen LogP contribution >= 0.6 is 11.3 Å². The first-order valence-electron chi connectivity index (χ1n) is 19.7. The van der Waals surface area contributed by atoms with Crippen LogP contribution in [0.25, 0.3) is 75.4 Å². The molecule has 0 spiro atoms. The number of rotatable bonds is 7. The van der Waals surface area contributed by atoms with Gasteiger partial charge in [-0.3, -0.25) is 0 Å². The average molecular weight is 776 g/mol. The maximum absolute atomic E-state index is 6.75.